The highest BCUT2D eigenvalue weighted by atomic mass is 19.1. The number of esters is 2. The molecule has 0 spiro atoms. The summed E-state index contributed by atoms with van der Waals surface area (Å²) in [6.45, 7) is 9.24. The van der Waals surface area contributed by atoms with Crippen LogP contribution in [0.4, 0.5) is 4.39 Å². The Balaban J connectivity index is 2.95. The molecular formula is C14H23FO6. The molecule has 0 N–H and O–H groups in total. The number of carbonyl (C=O) groups excluding carboxylic acids is 2. The van der Waals surface area contributed by atoms with E-state index < -0.39 is 48.3 Å². The number of rotatable bonds is 3. The summed E-state index contributed by atoms with van der Waals surface area (Å²) in [6.07, 6.45) is -5.90. The van der Waals surface area contributed by atoms with E-state index in [-0.39, 0.29) is 0 Å². The molecule has 0 aromatic heterocycles. The normalized spacial score (nSPS) is 33.4. The summed E-state index contributed by atoms with van der Waals surface area (Å²) in [7, 11) is 0. The maximum atomic E-state index is 14.6. The van der Waals surface area contributed by atoms with Crippen molar-refractivity contribution >= 4 is 11.9 Å². The Morgan fingerprint density at radius 3 is 1.95 bits per heavy atom. The van der Waals surface area contributed by atoms with Crippen LogP contribution in [0.3, 0.4) is 0 Å². The number of hydrogen-bond acceptors (Lipinski definition) is 6. The highest BCUT2D eigenvalue weighted by Crippen LogP contribution is 2.31. The first kappa shape index (κ1) is 17.8. The molecule has 6 nitrogen and oxygen atoms in total. The molecule has 5 atom stereocenters. The first-order chi connectivity index (χ1) is 9.51. The van der Waals surface area contributed by atoms with E-state index in [4.69, 9.17) is 18.9 Å². The topological polar surface area (TPSA) is 71.1 Å². The lowest BCUT2D eigenvalue weighted by Gasteiger charge is -2.42. The van der Waals surface area contributed by atoms with E-state index in [9.17, 15) is 14.0 Å². The maximum absolute atomic E-state index is 14.6. The van der Waals surface area contributed by atoms with Crippen molar-refractivity contribution in [2.24, 2.45) is 0 Å². The van der Waals surface area contributed by atoms with Gasteiger partial charge >= 0.3 is 11.9 Å². The fourth-order valence-corrected chi connectivity index (χ4v) is 2.09. The molecule has 0 unspecified atom stereocenters. The van der Waals surface area contributed by atoms with Gasteiger partial charge in [-0.1, -0.05) is 0 Å². The average Bonchev–Trinajstić information content (AvgIpc) is 2.27. The molecule has 0 amide bonds. The lowest BCUT2D eigenvalue weighted by Crippen LogP contribution is -2.59. The molecule has 1 heterocycles. The van der Waals surface area contributed by atoms with Crippen molar-refractivity contribution < 1.29 is 32.9 Å². The Kier molecular flexibility index (Phi) is 5.69. The van der Waals surface area contributed by atoms with Gasteiger partial charge in [0.1, 0.15) is 0 Å². The molecular weight excluding hydrogens is 283 g/mol. The molecule has 0 radical (unpaired) electrons. The molecule has 1 aliphatic heterocycles. The van der Waals surface area contributed by atoms with Gasteiger partial charge in [-0.3, -0.25) is 9.59 Å². The summed E-state index contributed by atoms with van der Waals surface area (Å²) < 4.78 is 35.5. The van der Waals surface area contributed by atoms with Gasteiger partial charge in [-0.2, -0.15) is 0 Å². The van der Waals surface area contributed by atoms with Crippen molar-refractivity contribution in [1.29, 1.82) is 0 Å². The van der Waals surface area contributed by atoms with E-state index >= 15 is 0 Å². The second-order valence-corrected chi connectivity index (χ2v) is 6.03. The molecule has 0 saturated carbocycles. The summed E-state index contributed by atoms with van der Waals surface area (Å²) in [5.41, 5.74) is -0.635. The van der Waals surface area contributed by atoms with Crippen LogP contribution < -0.4 is 0 Å². The molecule has 0 aliphatic carbocycles. The van der Waals surface area contributed by atoms with Crippen molar-refractivity contribution in [2.75, 3.05) is 0 Å². The summed E-state index contributed by atoms with van der Waals surface area (Å²) in [4.78, 5) is 22.3. The summed E-state index contributed by atoms with van der Waals surface area (Å²) in [5, 5.41) is 0. The van der Waals surface area contributed by atoms with Crippen LogP contribution in [0.5, 0.6) is 0 Å². The molecule has 1 fully saturated rings. The van der Waals surface area contributed by atoms with Gasteiger partial charge in [-0.15, -0.1) is 0 Å². The van der Waals surface area contributed by atoms with Crippen molar-refractivity contribution in [3.63, 3.8) is 0 Å². The first-order valence-electron chi connectivity index (χ1n) is 6.83. The monoisotopic (exact) mass is 306 g/mol. The molecule has 0 aromatic carbocycles. The van der Waals surface area contributed by atoms with Crippen LogP contribution in [0.2, 0.25) is 0 Å². The van der Waals surface area contributed by atoms with Gasteiger partial charge in [-0.05, 0) is 27.7 Å². The standard InChI is InChI=1S/C14H23FO6/c1-7-11(19-8(2)16)12(20-9(3)17)10(15)13(18-7)21-14(4,5)6/h7,10-13H,1-6H3/t7-,10-,11+,12-,13+/m0/s1. The largest absolute Gasteiger partial charge is 0.456 e. The van der Waals surface area contributed by atoms with E-state index in [1.54, 1.807) is 27.7 Å². The van der Waals surface area contributed by atoms with Crippen LogP contribution in [0.15, 0.2) is 0 Å². The van der Waals surface area contributed by atoms with Crippen LogP contribution in [0, 0.1) is 0 Å². The maximum Gasteiger partial charge on any atom is 0.303 e. The minimum atomic E-state index is -1.76. The van der Waals surface area contributed by atoms with Crippen LogP contribution in [0.1, 0.15) is 41.5 Å². The van der Waals surface area contributed by atoms with Crippen LogP contribution in [-0.2, 0) is 28.5 Å². The van der Waals surface area contributed by atoms with Gasteiger partial charge < -0.3 is 18.9 Å². The van der Waals surface area contributed by atoms with Crippen LogP contribution in [-0.4, -0.2) is 48.3 Å². The molecule has 1 saturated heterocycles. The minimum Gasteiger partial charge on any atom is -0.456 e. The smallest absolute Gasteiger partial charge is 0.303 e. The average molecular weight is 306 g/mol. The molecule has 0 aromatic rings. The van der Waals surface area contributed by atoms with Crippen molar-refractivity contribution in [3.8, 4) is 0 Å². The SMILES string of the molecule is CC(=O)O[C@H]1[C@H](F)[C@@H](OC(C)(C)C)O[C@@H](C)[C@H]1OC(C)=O. The fraction of sp³-hybridized carbons (Fsp3) is 0.857. The molecule has 7 heteroatoms. The van der Waals surface area contributed by atoms with Gasteiger partial charge in [0.2, 0.25) is 0 Å². The zero-order chi connectivity index (χ0) is 16.4. The second kappa shape index (κ2) is 6.70. The Bertz CT molecular complexity index is 391. The predicted molar refractivity (Wildman–Crippen MR) is 71.2 cm³/mol. The minimum absolute atomic E-state index is 0.602. The van der Waals surface area contributed by atoms with Crippen molar-refractivity contribution in [2.45, 2.75) is 77.9 Å². The molecule has 122 valence electrons. The Morgan fingerprint density at radius 2 is 1.52 bits per heavy atom. The zero-order valence-corrected chi connectivity index (χ0v) is 13.2. The van der Waals surface area contributed by atoms with E-state index in [0.29, 0.717) is 0 Å². The summed E-state index contributed by atoms with van der Waals surface area (Å²) >= 11 is 0. The first-order valence-corrected chi connectivity index (χ1v) is 6.83. The number of halogens is 1. The molecule has 0 bridgehead atoms. The van der Waals surface area contributed by atoms with Crippen LogP contribution in [0.25, 0.3) is 0 Å². The third kappa shape index (κ3) is 5.24. The Hall–Kier alpha value is -1.21. The lowest BCUT2D eigenvalue weighted by molar-refractivity contribution is -0.304. The quantitative estimate of drug-likeness (QED) is 0.740. The lowest BCUT2D eigenvalue weighted by atomic mass is 10.00. The third-order valence-corrected chi connectivity index (χ3v) is 2.78. The number of hydrogen-bond donors (Lipinski definition) is 0. The molecule has 21 heavy (non-hydrogen) atoms. The summed E-state index contributed by atoms with van der Waals surface area (Å²) in [5.74, 6) is -1.27. The zero-order valence-electron chi connectivity index (χ0n) is 13.2. The van der Waals surface area contributed by atoms with Gasteiger partial charge in [0, 0.05) is 13.8 Å². The molecule has 1 rings (SSSR count). The molecule has 1 aliphatic rings. The van der Waals surface area contributed by atoms with E-state index in [2.05, 4.69) is 0 Å². The van der Waals surface area contributed by atoms with Gasteiger partial charge in [-0.25, -0.2) is 4.39 Å². The van der Waals surface area contributed by atoms with Gasteiger partial charge in [0.25, 0.3) is 0 Å². The Morgan fingerprint density at radius 1 is 1.05 bits per heavy atom. The highest BCUT2D eigenvalue weighted by molar-refractivity contribution is 5.67. The van der Waals surface area contributed by atoms with Gasteiger partial charge in [0.15, 0.2) is 24.7 Å². The summed E-state index contributed by atoms with van der Waals surface area (Å²) in [6, 6.07) is 0. The van der Waals surface area contributed by atoms with Crippen molar-refractivity contribution in [3.05, 3.63) is 0 Å². The van der Waals surface area contributed by atoms with Gasteiger partial charge in [0.05, 0.1) is 11.7 Å². The van der Waals surface area contributed by atoms with Crippen LogP contribution >= 0.6 is 0 Å². The van der Waals surface area contributed by atoms with E-state index in [0.717, 1.165) is 6.92 Å². The fourth-order valence-electron chi connectivity index (χ4n) is 2.09. The number of alkyl halides is 1. The second-order valence-electron chi connectivity index (χ2n) is 6.03. The number of ether oxygens (including phenoxy) is 4. The Labute approximate surface area is 123 Å². The highest BCUT2D eigenvalue weighted by Gasteiger charge is 2.50. The number of carbonyl (C=O) groups is 2. The third-order valence-electron chi connectivity index (χ3n) is 2.78. The van der Waals surface area contributed by atoms with E-state index in [1.807, 2.05) is 0 Å². The van der Waals surface area contributed by atoms with E-state index in [1.165, 1.54) is 6.92 Å². The predicted octanol–water partition coefficient (Wildman–Crippen LogP) is 1.75. The van der Waals surface area contributed by atoms with Crippen molar-refractivity contribution in [1.82, 2.24) is 0 Å².